The quantitative estimate of drug-likeness (QED) is 0.900. The number of nitrogens with zero attached hydrogens (tertiary/aromatic N) is 2. The lowest BCUT2D eigenvalue weighted by molar-refractivity contribution is -0.137. The van der Waals surface area contributed by atoms with Crippen LogP contribution in [-0.2, 0) is 12.7 Å². The van der Waals surface area contributed by atoms with Crippen LogP contribution in [0.25, 0.3) is 0 Å². The third-order valence-electron chi connectivity index (χ3n) is 2.03. The molecule has 0 bridgehead atoms. The van der Waals surface area contributed by atoms with E-state index < -0.39 is 11.7 Å². The molecule has 0 unspecified atom stereocenters. The summed E-state index contributed by atoms with van der Waals surface area (Å²) >= 11 is 0. The molecule has 0 aliphatic carbocycles. The Balaban J connectivity index is 2.16. The number of aromatic nitrogens is 2. The maximum absolute atomic E-state index is 12.6. The van der Waals surface area contributed by atoms with Gasteiger partial charge >= 0.3 is 6.18 Å². The second kappa shape index (κ2) is 4.44. The van der Waals surface area contributed by atoms with Crippen molar-refractivity contribution in [2.45, 2.75) is 12.7 Å². The monoisotopic (exact) mass is 243 g/mol. The average molecular weight is 243 g/mol. The average Bonchev–Trinajstić information content (AvgIpc) is 2.78. The highest BCUT2D eigenvalue weighted by atomic mass is 19.4. The molecule has 0 fully saturated rings. The molecule has 0 saturated heterocycles. The van der Waals surface area contributed by atoms with Crippen LogP contribution in [0.2, 0.25) is 0 Å². The first-order chi connectivity index (χ1) is 8.07. The molecule has 1 N–H and O–H groups in total. The number of hydrogen-bond donors (Lipinski definition) is 1. The Morgan fingerprint density at radius 2 is 2.06 bits per heavy atom. The van der Waals surface area contributed by atoms with Crippen LogP contribution in [-0.4, -0.2) is 10.1 Å². The van der Waals surface area contributed by atoms with Gasteiger partial charge in [0.05, 0.1) is 18.3 Å². The topological polar surface area (TPSA) is 51.0 Å². The summed E-state index contributed by atoms with van der Waals surface area (Å²) < 4.78 is 42.6. The molecule has 2 aromatic heterocycles. The molecule has 7 heteroatoms. The summed E-state index contributed by atoms with van der Waals surface area (Å²) in [5, 5.41) is 6.01. The fraction of sp³-hybridized carbons (Fsp3) is 0.200. The summed E-state index contributed by atoms with van der Waals surface area (Å²) in [4.78, 5) is 3.65. The molecule has 2 rings (SSSR count). The van der Waals surface area contributed by atoms with Gasteiger partial charge in [0.2, 0.25) is 0 Å². The number of hydrogen-bond acceptors (Lipinski definition) is 4. The molecule has 2 heterocycles. The van der Waals surface area contributed by atoms with Gasteiger partial charge in [-0.25, -0.2) is 4.98 Å². The van der Waals surface area contributed by atoms with E-state index in [2.05, 4.69) is 15.5 Å². The zero-order chi connectivity index (χ0) is 12.3. The van der Waals surface area contributed by atoms with Crippen molar-refractivity contribution in [2.75, 3.05) is 5.32 Å². The van der Waals surface area contributed by atoms with Crippen molar-refractivity contribution >= 4 is 5.82 Å². The maximum Gasteiger partial charge on any atom is 0.419 e. The summed E-state index contributed by atoms with van der Waals surface area (Å²) in [6, 6.07) is 3.77. The lowest BCUT2D eigenvalue weighted by Gasteiger charge is -2.11. The van der Waals surface area contributed by atoms with Gasteiger partial charge in [-0.3, -0.25) is 0 Å². The normalized spacial score (nSPS) is 11.5. The molecule has 4 nitrogen and oxygen atoms in total. The summed E-state index contributed by atoms with van der Waals surface area (Å²) in [6.45, 7) is 0.0973. The highest BCUT2D eigenvalue weighted by Gasteiger charge is 2.33. The molecular formula is C10H8F3N3O. The maximum atomic E-state index is 12.6. The number of pyridine rings is 1. The predicted molar refractivity (Wildman–Crippen MR) is 53.1 cm³/mol. The van der Waals surface area contributed by atoms with Gasteiger partial charge in [0.1, 0.15) is 5.82 Å². The number of halogens is 3. The Morgan fingerprint density at radius 1 is 1.24 bits per heavy atom. The van der Waals surface area contributed by atoms with Crippen molar-refractivity contribution in [1.82, 2.24) is 10.1 Å². The minimum Gasteiger partial charge on any atom is -0.362 e. The van der Waals surface area contributed by atoms with E-state index in [1.807, 2.05) is 0 Å². The first-order valence-electron chi connectivity index (χ1n) is 4.73. The summed E-state index contributed by atoms with van der Waals surface area (Å²) in [7, 11) is 0. The minimum atomic E-state index is -4.43. The molecule has 0 aliphatic heterocycles. The van der Waals surface area contributed by atoms with Gasteiger partial charge in [0, 0.05) is 12.3 Å². The Bertz CT molecular complexity index is 482. The van der Waals surface area contributed by atoms with Gasteiger partial charge in [-0.2, -0.15) is 13.2 Å². The molecule has 0 aromatic carbocycles. The van der Waals surface area contributed by atoms with Crippen LogP contribution < -0.4 is 5.32 Å². The molecule has 2 aromatic rings. The van der Waals surface area contributed by atoms with Crippen LogP contribution >= 0.6 is 0 Å². The summed E-state index contributed by atoms with van der Waals surface area (Å²) in [5.41, 5.74) is -0.806. The van der Waals surface area contributed by atoms with Gasteiger partial charge in [-0.15, -0.1) is 0 Å². The Kier molecular flexibility index (Phi) is 2.99. The molecule has 0 aliphatic rings. The summed E-state index contributed by atoms with van der Waals surface area (Å²) in [6.07, 6.45) is -1.73. The van der Waals surface area contributed by atoms with Crippen LogP contribution in [0.15, 0.2) is 35.1 Å². The Morgan fingerprint density at radius 3 is 2.71 bits per heavy atom. The third-order valence-corrected chi connectivity index (χ3v) is 2.03. The lowest BCUT2D eigenvalue weighted by atomic mass is 10.2. The zero-order valence-electron chi connectivity index (χ0n) is 8.53. The molecule has 0 saturated carbocycles. The second-order valence-corrected chi connectivity index (χ2v) is 3.23. The van der Waals surface area contributed by atoms with Crippen LogP contribution in [0.5, 0.6) is 0 Å². The van der Waals surface area contributed by atoms with E-state index in [0.29, 0.717) is 5.76 Å². The van der Waals surface area contributed by atoms with Crippen molar-refractivity contribution in [2.24, 2.45) is 0 Å². The van der Waals surface area contributed by atoms with Gasteiger partial charge in [-0.1, -0.05) is 5.16 Å². The van der Waals surface area contributed by atoms with Crippen LogP contribution in [0.1, 0.15) is 11.3 Å². The largest absolute Gasteiger partial charge is 0.419 e. The minimum absolute atomic E-state index is 0.0973. The number of anilines is 1. The first kappa shape index (κ1) is 11.4. The van der Waals surface area contributed by atoms with Crippen molar-refractivity contribution in [3.8, 4) is 0 Å². The van der Waals surface area contributed by atoms with E-state index in [-0.39, 0.29) is 12.4 Å². The number of rotatable bonds is 3. The molecule has 0 atom stereocenters. The van der Waals surface area contributed by atoms with E-state index >= 15 is 0 Å². The van der Waals surface area contributed by atoms with Crippen LogP contribution in [0.4, 0.5) is 19.0 Å². The lowest BCUT2D eigenvalue weighted by Crippen LogP contribution is -2.11. The van der Waals surface area contributed by atoms with Crippen LogP contribution in [0.3, 0.4) is 0 Å². The molecule has 0 radical (unpaired) electrons. The molecule has 90 valence electrons. The highest BCUT2D eigenvalue weighted by Crippen LogP contribution is 2.33. The van der Waals surface area contributed by atoms with E-state index in [1.54, 1.807) is 6.07 Å². The third kappa shape index (κ3) is 2.74. The summed E-state index contributed by atoms with van der Waals surface area (Å²) in [5.74, 6) is 0.208. The van der Waals surface area contributed by atoms with E-state index in [0.717, 1.165) is 6.07 Å². The van der Waals surface area contributed by atoms with E-state index in [9.17, 15) is 13.2 Å². The van der Waals surface area contributed by atoms with Gasteiger partial charge in [0.15, 0.2) is 5.76 Å². The van der Waals surface area contributed by atoms with Crippen molar-refractivity contribution in [3.63, 3.8) is 0 Å². The SMILES string of the molecule is FC(F)(F)c1cccnc1NCc1ccno1. The van der Waals surface area contributed by atoms with E-state index in [1.165, 1.54) is 18.5 Å². The highest BCUT2D eigenvalue weighted by molar-refractivity contribution is 5.45. The molecule has 17 heavy (non-hydrogen) atoms. The zero-order valence-corrected chi connectivity index (χ0v) is 8.53. The van der Waals surface area contributed by atoms with Crippen molar-refractivity contribution in [1.29, 1.82) is 0 Å². The number of nitrogens with one attached hydrogen (secondary N) is 1. The predicted octanol–water partition coefficient (Wildman–Crippen LogP) is 2.70. The van der Waals surface area contributed by atoms with Gasteiger partial charge in [0.25, 0.3) is 0 Å². The number of alkyl halides is 3. The molecule has 0 spiro atoms. The van der Waals surface area contributed by atoms with Crippen molar-refractivity contribution in [3.05, 3.63) is 41.9 Å². The van der Waals surface area contributed by atoms with E-state index in [4.69, 9.17) is 4.52 Å². The fourth-order valence-electron chi connectivity index (χ4n) is 1.28. The fourth-order valence-corrected chi connectivity index (χ4v) is 1.28. The van der Waals surface area contributed by atoms with Crippen molar-refractivity contribution < 1.29 is 17.7 Å². The molecule has 0 amide bonds. The van der Waals surface area contributed by atoms with Crippen LogP contribution in [0, 0.1) is 0 Å². The smallest absolute Gasteiger partial charge is 0.362 e. The van der Waals surface area contributed by atoms with Gasteiger partial charge in [-0.05, 0) is 12.1 Å². The first-order valence-corrected chi connectivity index (χ1v) is 4.73. The van der Waals surface area contributed by atoms with Gasteiger partial charge < -0.3 is 9.84 Å². The standard InChI is InChI=1S/C10H8F3N3O/c11-10(12,13)8-2-1-4-14-9(8)15-6-7-3-5-16-17-7/h1-5H,6H2,(H,14,15). The second-order valence-electron chi connectivity index (χ2n) is 3.23. The molecular weight excluding hydrogens is 235 g/mol. The Labute approximate surface area is 94.4 Å². The Hall–Kier alpha value is -2.05.